The Balaban J connectivity index is 2.01. The lowest BCUT2D eigenvalue weighted by molar-refractivity contribution is -0.136. The van der Waals surface area contributed by atoms with Gasteiger partial charge in [-0.1, -0.05) is 30.3 Å². The number of anilines is 1. The maximum Gasteiger partial charge on any atom is 0.313 e. The lowest BCUT2D eigenvalue weighted by Gasteiger charge is -2.16. The third-order valence-corrected chi connectivity index (χ3v) is 3.31. The van der Waals surface area contributed by atoms with Gasteiger partial charge in [-0.25, -0.2) is 4.39 Å². The molecule has 2 aromatic rings. The summed E-state index contributed by atoms with van der Waals surface area (Å²) in [7, 11) is 0. The minimum atomic E-state index is -0.884. The molecule has 0 saturated heterocycles. The number of carbonyl (C=O) groups excluding carboxylic acids is 2. The molecule has 0 aliphatic heterocycles. The van der Waals surface area contributed by atoms with Crippen molar-refractivity contribution in [2.75, 3.05) is 11.9 Å². The monoisotopic (exact) mass is 316 g/mol. The fourth-order valence-corrected chi connectivity index (χ4v) is 2.05. The van der Waals surface area contributed by atoms with E-state index >= 15 is 0 Å². The second kappa shape index (κ2) is 7.51. The predicted octanol–water partition coefficient (Wildman–Crippen LogP) is 1.92. The summed E-state index contributed by atoms with van der Waals surface area (Å²) < 4.78 is 13.2. The molecule has 3 N–H and O–H groups in total. The quantitative estimate of drug-likeness (QED) is 0.754. The van der Waals surface area contributed by atoms with Gasteiger partial charge in [-0.3, -0.25) is 9.59 Å². The Morgan fingerprint density at radius 3 is 2.43 bits per heavy atom. The molecule has 0 fully saturated rings. The molecule has 1 unspecified atom stereocenters. The Morgan fingerprint density at radius 2 is 1.83 bits per heavy atom. The van der Waals surface area contributed by atoms with Gasteiger partial charge in [0, 0.05) is 5.69 Å². The van der Waals surface area contributed by atoms with Crippen molar-refractivity contribution in [2.24, 2.45) is 0 Å². The maximum absolute atomic E-state index is 13.2. The average Bonchev–Trinajstić information content (AvgIpc) is 2.56. The Morgan fingerprint density at radius 1 is 1.13 bits per heavy atom. The molecule has 120 valence electrons. The van der Waals surface area contributed by atoms with Gasteiger partial charge in [-0.15, -0.1) is 0 Å². The Bertz CT molecular complexity index is 704. The van der Waals surface area contributed by atoms with E-state index in [2.05, 4.69) is 10.6 Å². The molecule has 0 saturated carbocycles. The van der Waals surface area contributed by atoms with Crippen molar-refractivity contribution in [2.45, 2.75) is 13.0 Å². The lowest BCUT2D eigenvalue weighted by atomic mass is 10.1. The van der Waals surface area contributed by atoms with E-state index in [-0.39, 0.29) is 6.61 Å². The molecule has 2 aromatic carbocycles. The minimum absolute atomic E-state index is 0.323. The molecular formula is C17H17FN2O3. The molecule has 0 heterocycles. The Labute approximate surface area is 133 Å². The number of rotatable bonds is 4. The highest BCUT2D eigenvalue weighted by Gasteiger charge is 2.19. The summed E-state index contributed by atoms with van der Waals surface area (Å²) in [4.78, 5) is 23.8. The number of halogens is 1. The molecular weight excluding hydrogens is 299 g/mol. The van der Waals surface area contributed by atoms with Gasteiger partial charge in [0.25, 0.3) is 0 Å². The van der Waals surface area contributed by atoms with Crippen molar-refractivity contribution in [1.29, 1.82) is 0 Å². The molecule has 0 bridgehead atoms. The first-order chi connectivity index (χ1) is 11.0. The molecule has 0 spiro atoms. The molecule has 0 radical (unpaired) electrons. The van der Waals surface area contributed by atoms with Crippen molar-refractivity contribution in [3.63, 3.8) is 0 Å². The molecule has 2 amide bonds. The predicted molar refractivity (Wildman–Crippen MR) is 84.2 cm³/mol. The SMILES string of the molecule is Cc1cc(NC(=O)C(=O)NC(CO)c2ccccc2)ccc1F. The molecule has 6 heteroatoms. The second-order valence-corrected chi connectivity index (χ2v) is 5.04. The average molecular weight is 316 g/mol. The maximum atomic E-state index is 13.2. The third-order valence-electron chi connectivity index (χ3n) is 3.31. The second-order valence-electron chi connectivity index (χ2n) is 5.04. The van der Waals surface area contributed by atoms with Gasteiger partial charge in [0.15, 0.2) is 0 Å². The number of amides is 2. The van der Waals surface area contributed by atoms with Gasteiger partial charge < -0.3 is 15.7 Å². The van der Waals surface area contributed by atoms with Crippen LogP contribution in [0, 0.1) is 12.7 Å². The van der Waals surface area contributed by atoms with Crippen LogP contribution in [0.15, 0.2) is 48.5 Å². The summed E-state index contributed by atoms with van der Waals surface area (Å²) >= 11 is 0. The summed E-state index contributed by atoms with van der Waals surface area (Å²) in [6.45, 7) is 1.22. The first kappa shape index (κ1) is 16.6. The lowest BCUT2D eigenvalue weighted by Crippen LogP contribution is -2.39. The van der Waals surface area contributed by atoms with E-state index < -0.39 is 23.7 Å². The van der Waals surface area contributed by atoms with Gasteiger partial charge in [0.05, 0.1) is 12.6 Å². The van der Waals surface area contributed by atoms with Crippen molar-refractivity contribution < 1.29 is 19.1 Å². The van der Waals surface area contributed by atoms with Gasteiger partial charge in [0.1, 0.15) is 5.82 Å². The van der Waals surface area contributed by atoms with Crippen LogP contribution in [-0.2, 0) is 9.59 Å². The molecule has 23 heavy (non-hydrogen) atoms. The van der Waals surface area contributed by atoms with Crippen LogP contribution in [0.25, 0.3) is 0 Å². The van der Waals surface area contributed by atoms with Crippen molar-refractivity contribution in [1.82, 2.24) is 5.32 Å². The van der Waals surface area contributed by atoms with Crippen LogP contribution in [0.3, 0.4) is 0 Å². The smallest absolute Gasteiger partial charge is 0.313 e. The fraction of sp³-hybridized carbons (Fsp3) is 0.176. The summed E-state index contributed by atoms with van der Waals surface area (Å²) in [6.07, 6.45) is 0. The van der Waals surface area contributed by atoms with Gasteiger partial charge in [0.2, 0.25) is 0 Å². The zero-order valence-electron chi connectivity index (χ0n) is 12.5. The number of nitrogens with one attached hydrogen (secondary N) is 2. The molecule has 5 nitrogen and oxygen atoms in total. The third kappa shape index (κ3) is 4.37. The fourth-order valence-electron chi connectivity index (χ4n) is 2.05. The van der Waals surface area contributed by atoms with Gasteiger partial charge in [-0.2, -0.15) is 0 Å². The largest absolute Gasteiger partial charge is 0.394 e. The highest BCUT2D eigenvalue weighted by molar-refractivity contribution is 6.39. The number of benzene rings is 2. The number of aliphatic hydroxyl groups is 1. The summed E-state index contributed by atoms with van der Waals surface area (Å²) in [6, 6.07) is 12.2. The minimum Gasteiger partial charge on any atom is -0.394 e. The Kier molecular flexibility index (Phi) is 5.43. The number of aliphatic hydroxyl groups excluding tert-OH is 1. The van der Waals surface area contributed by atoms with Crippen LogP contribution in [0.2, 0.25) is 0 Å². The number of aryl methyl sites for hydroxylation is 1. The summed E-state index contributed by atoms with van der Waals surface area (Å²) in [5.74, 6) is -2.16. The molecule has 1 atom stereocenters. The van der Waals surface area contributed by atoms with E-state index in [4.69, 9.17) is 0 Å². The Hall–Kier alpha value is -2.73. The standard InChI is InChI=1S/C17H17FN2O3/c1-11-9-13(7-8-14(11)18)19-16(22)17(23)20-15(10-21)12-5-3-2-4-6-12/h2-9,15,21H,10H2,1H3,(H,19,22)(H,20,23). The summed E-state index contributed by atoms with van der Waals surface area (Å²) in [5, 5.41) is 14.2. The number of carbonyl (C=O) groups is 2. The summed E-state index contributed by atoms with van der Waals surface area (Å²) in [5.41, 5.74) is 1.37. The van der Waals surface area contributed by atoms with Crippen LogP contribution in [-0.4, -0.2) is 23.5 Å². The van der Waals surface area contributed by atoms with Crippen LogP contribution in [0.4, 0.5) is 10.1 Å². The van der Waals surface area contributed by atoms with E-state index in [0.29, 0.717) is 16.8 Å². The molecule has 0 aliphatic rings. The van der Waals surface area contributed by atoms with E-state index in [1.807, 2.05) is 6.07 Å². The first-order valence-electron chi connectivity index (χ1n) is 7.05. The number of hydrogen-bond donors (Lipinski definition) is 3. The molecule has 0 aromatic heterocycles. The van der Waals surface area contributed by atoms with Crippen molar-refractivity contribution in [3.05, 3.63) is 65.5 Å². The van der Waals surface area contributed by atoms with Crippen LogP contribution in [0.1, 0.15) is 17.2 Å². The van der Waals surface area contributed by atoms with Gasteiger partial charge in [-0.05, 0) is 36.2 Å². The van der Waals surface area contributed by atoms with E-state index in [1.54, 1.807) is 31.2 Å². The van der Waals surface area contributed by atoms with E-state index in [0.717, 1.165) is 0 Å². The van der Waals surface area contributed by atoms with Crippen LogP contribution in [0.5, 0.6) is 0 Å². The molecule has 0 aliphatic carbocycles. The van der Waals surface area contributed by atoms with E-state index in [1.165, 1.54) is 18.2 Å². The zero-order valence-corrected chi connectivity index (χ0v) is 12.5. The van der Waals surface area contributed by atoms with Gasteiger partial charge >= 0.3 is 11.8 Å². The number of hydrogen-bond acceptors (Lipinski definition) is 3. The topological polar surface area (TPSA) is 78.4 Å². The van der Waals surface area contributed by atoms with Crippen LogP contribution >= 0.6 is 0 Å². The normalized spacial score (nSPS) is 11.6. The molecule has 2 rings (SSSR count). The van der Waals surface area contributed by atoms with Crippen molar-refractivity contribution in [3.8, 4) is 0 Å². The van der Waals surface area contributed by atoms with Crippen LogP contribution < -0.4 is 10.6 Å². The highest BCUT2D eigenvalue weighted by atomic mass is 19.1. The first-order valence-corrected chi connectivity index (χ1v) is 7.05. The van der Waals surface area contributed by atoms with E-state index in [9.17, 15) is 19.1 Å². The van der Waals surface area contributed by atoms with Crippen molar-refractivity contribution >= 4 is 17.5 Å². The zero-order chi connectivity index (χ0) is 16.8. The highest BCUT2D eigenvalue weighted by Crippen LogP contribution is 2.14.